The summed E-state index contributed by atoms with van der Waals surface area (Å²) in [5.74, 6) is 0.270. The van der Waals surface area contributed by atoms with Crippen molar-refractivity contribution in [2.75, 3.05) is 5.73 Å². The lowest BCUT2D eigenvalue weighted by Crippen LogP contribution is -2.03. The van der Waals surface area contributed by atoms with Crippen LogP contribution in [0.1, 0.15) is 31.0 Å². The minimum atomic E-state index is 0.270. The number of rotatable bonds is 2. The number of nitrogens with zero attached hydrogens (tertiary/aromatic N) is 2. The van der Waals surface area contributed by atoms with Gasteiger partial charge in [0.15, 0.2) is 0 Å². The number of hydrogen-bond donors (Lipinski definition) is 2. The molecule has 4 nitrogen and oxygen atoms in total. The largest absolute Gasteiger partial charge is 0.411 e. The predicted molar refractivity (Wildman–Crippen MR) is 52.1 cm³/mol. The second-order valence-electron chi connectivity index (χ2n) is 3.10. The third kappa shape index (κ3) is 1.96. The standard InChI is InChI=1S/C9H13N3O/c1-6(2)9-8(10)7(5-12-13)3-4-11-9/h3-6,13H,10H2,1-2H3/b12-5+. The fourth-order valence-corrected chi connectivity index (χ4v) is 1.14. The Bertz CT molecular complexity index is 321. The first-order valence-corrected chi connectivity index (χ1v) is 4.08. The lowest BCUT2D eigenvalue weighted by Gasteiger charge is -2.09. The van der Waals surface area contributed by atoms with E-state index in [0.717, 1.165) is 5.69 Å². The van der Waals surface area contributed by atoms with E-state index in [0.29, 0.717) is 11.3 Å². The molecule has 0 unspecified atom stereocenters. The van der Waals surface area contributed by atoms with Crippen LogP contribution < -0.4 is 5.73 Å². The Kier molecular flexibility index (Phi) is 2.84. The number of hydrogen-bond acceptors (Lipinski definition) is 4. The molecule has 0 fully saturated rings. The number of nitrogen functional groups attached to an aromatic ring is 1. The highest BCUT2D eigenvalue weighted by molar-refractivity contribution is 5.87. The highest BCUT2D eigenvalue weighted by Crippen LogP contribution is 2.21. The van der Waals surface area contributed by atoms with Crippen molar-refractivity contribution < 1.29 is 5.21 Å². The fourth-order valence-electron chi connectivity index (χ4n) is 1.14. The molecule has 0 aliphatic heterocycles. The molecule has 3 N–H and O–H groups in total. The second-order valence-corrected chi connectivity index (χ2v) is 3.10. The first-order chi connectivity index (χ1) is 6.16. The summed E-state index contributed by atoms with van der Waals surface area (Å²) in [5.41, 5.74) is 7.91. The molecule has 0 bridgehead atoms. The van der Waals surface area contributed by atoms with Gasteiger partial charge in [-0.3, -0.25) is 4.98 Å². The van der Waals surface area contributed by atoms with Gasteiger partial charge in [0, 0.05) is 11.8 Å². The van der Waals surface area contributed by atoms with Crippen molar-refractivity contribution in [3.63, 3.8) is 0 Å². The van der Waals surface area contributed by atoms with Crippen molar-refractivity contribution in [2.24, 2.45) is 5.16 Å². The van der Waals surface area contributed by atoms with Gasteiger partial charge >= 0.3 is 0 Å². The summed E-state index contributed by atoms with van der Waals surface area (Å²) in [7, 11) is 0. The lowest BCUT2D eigenvalue weighted by molar-refractivity contribution is 0.322. The molecule has 4 heteroatoms. The minimum Gasteiger partial charge on any atom is -0.411 e. The average molecular weight is 179 g/mol. The molecule has 1 aromatic rings. The molecule has 0 aromatic carbocycles. The van der Waals surface area contributed by atoms with Crippen molar-refractivity contribution in [3.05, 3.63) is 23.5 Å². The van der Waals surface area contributed by atoms with Crippen molar-refractivity contribution in [1.29, 1.82) is 0 Å². The van der Waals surface area contributed by atoms with Crippen LogP contribution in [0.5, 0.6) is 0 Å². The number of aromatic nitrogens is 1. The third-order valence-electron chi connectivity index (χ3n) is 1.80. The van der Waals surface area contributed by atoms with E-state index in [4.69, 9.17) is 10.9 Å². The molecule has 1 rings (SSSR count). The Labute approximate surface area is 77.1 Å². The summed E-state index contributed by atoms with van der Waals surface area (Å²) in [5, 5.41) is 11.3. The van der Waals surface area contributed by atoms with Crippen LogP contribution in [0.15, 0.2) is 17.4 Å². The summed E-state index contributed by atoms with van der Waals surface area (Å²) in [6, 6.07) is 1.71. The third-order valence-corrected chi connectivity index (χ3v) is 1.80. The van der Waals surface area contributed by atoms with Crippen LogP contribution in [0.4, 0.5) is 5.69 Å². The van der Waals surface area contributed by atoms with Gasteiger partial charge in [-0.1, -0.05) is 19.0 Å². The molecule has 0 saturated carbocycles. The van der Waals surface area contributed by atoms with Gasteiger partial charge in [0.2, 0.25) is 0 Å². The van der Waals surface area contributed by atoms with Gasteiger partial charge in [-0.25, -0.2) is 0 Å². The molecule has 0 radical (unpaired) electrons. The van der Waals surface area contributed by atoms with Crippen LogP contribution in [-0.4, -0.2) is 16.4 Å². The highest BCUT2D eigenvalue weighted by Gasteiger charge is 2.07. The molecule has 0 aliphatic rings. The average Bonchev–Trinajstić information content (AvgIpc) is 2.08. The Hall–Kier alpha value is -1.58. The van der Waals surface area contributed by atoms with E-state index in [2.05, 4.69) is 10.1 Å². The summed E-state index contributed by atoms with van der Waals surface area (Å²) in [6.07, 6.45) is 2.96. The topological polar surface area (TPSA) is 71.5 Å². The van der Waals surface area contributed by atoms with Gasteiger partial charge in [-0.05, 0) is 12.0 Å². The zero-order chi connectivity index (χ0) is 9.84. The number of pyridine rings is 1. The van der Waals surface area contributed by atoms with E-state index >= 15 is 0 Å². The monoisotopic (exact) mass is 179 g/mol. The zero-order valence-electron chi connectivity index (χ0n) is 7.73. The van der Waals surface area contributed by atoms with E-state index in [1.165, 1.54) is 6.21 Å². The van der Waals surface area contributed by atoms with Crippen molar-refractivity contribution in [2.45, 2.75) is 19.8 Å². The SMILES string of the molecule is CC(C)c1nccc(/C=N/O)c1N. The molecule has 0 spiro atoms. The first-order valence-electron chi connectivity index (χ1n) is 4.08. The van der Waals surface area contributed by atoms with Crippen LogP contribution in [0.2, 0.25) is 0 Å². The quantitative estimate of drug-likeness (QED) is 0.411. The van der Waals surface area contributed by atoms with E-state index in [1.807, 2.05) is 13.8 Å². The van der Waals surface area contributed by atoms with Crippen molar-refractivity contribution in [1.82, 2.24) is 4.98 Å². The van der Waals surface area contributed by atoms with Crippen LogP contribution in [0, 0.1) is 0 Å². The molecule has 70 valence electrons. The molecule has 1 heterocycles. The summed E-state index contributed by atoms with van der Waals surface area (Å²) in [6.45, 7) is 4.02. The summed E-state index contributed by atoms with van der Waals surface area (Å²) < 4.78 is 0. The zero-order valence-corrected chi connectivity index (χ0v) is 7.73. The van der Waals surface area contributed by atoms with E-state index in [1.54, 1.807) is 12.3 Å². The lowest BCUT2D eigenvalue weighted by atomic mass is 10.1. The van der Waals surface area contributed by atoms with Gasteiger partial charge in [0.25, 0.3) is 0 Å². The smallest absolute Gasteiger partial charge is 0.0755 e. The fraction of sp³-hybridized carbons (Fsp3) is 0.333. The van der Waals surface area contributed by atoms with Crippen LogP contribution in [-0.2, 0) is 0 Å². The van der Waals surface area contributed by atoms with Gasteiger partial charge in [0.05, 0.1) is 17.6 Å². The molecule has 0 aliphatic carbocycles. The number of oxime groups is 1. The molecule has 1 aromatic heterocycles. The summed E-state index contributed by atoms with van der Waals surface area (Å²) >= 11 is 0. The molecule has 13 heavy (non-hydrogen) atoms. The van der Waals surface area contributed by atoms with E-state index in [9.17, 15) is 0 Å². The molecule has 0 atom stereocenters. The maximum Gasteiger partial charge on any atom is 0.0755 e. The van der Waals surface area contributed by atoms with E-state index < -0.39 is 0 Å². The van der Waals surface area contributed by atoms with Crippen molar-refractivity contribution in [3.8, 4) is 0 Å². The van der Waals surface area contributed by atoms with Gasteiger partial charge in [0.1, 0.15) is 0 Å². The van der Waals surface area contributed by atoms with Crippen LogP contribution in [0.3, 0.4) is 0 Å². The molecular formula is C9H13N3O. The van der Waals surface area contributed by atoms with Gasteiger partial charge in [-0.2, -0.15) is 0 Å². The summed E-state index contributed by atoms with van der Waals surface area (Å²) in [4.78, 5) is 4.15. The Morgan fingerprint density at radius 2 is 2.31 bits per heavy atom. The minimum absolute atomic E-state index is 0.270. The molecular weight excluding hydrogens is 166 g/mol. The normalized spacial score (nSPS) is 11.3. The number of anilines is 1. The first kappa shape index (κ1) is 9.51. The predicted octanol–water partition coefficient (Wildman–Crippen LogP) is 1.60. The Morgan fingerprint density at radius 3 is 2.85 bits per heavy atom. The van der Waals surface area contributed by atoms with Crippen molar-refractivity contribution >= 4 is 11.9 Å². The maximum absolute atomic E-state index is 8.37. The molecule has 0 saturated heterocycles. The molecule has 0 amide bonds. The highest BCUT2D eigenvalue weighted by atomic mass is 16.4. The Morgan fingerprint density at radius 1 is 1.62 bits per heavy atom. The maximum atomic E-state index is 8.37. The Balaban J connectivity index is 3.18. The van der Waals surface area contributed by atoms with Gasteiger partial charge < -0.3 is 10.9 Å². The number of nitrogens with two attached hydrogens (primary N) is 1. The van der Waals surface area contributed by atoms with E-state index in [-0.39, 0.29) is 5.92 Å². The van der Waals surface area contributed by atoms with Crippen LogP contribution in [0.25, 0.3) is 0 Å². The second kappa shape index (κ2) is 3.89. The van der Waals surface area contributed by atoms with Crippen LogP contribution >= 0.6 is 0 Å². The van der Waals surface area contributed by atoms with Gasteiger partial charge in [-0.15, -0.1) is 0 Å².